The van der Waals surface area contributed by atoms with E-state index in [1.807, 2.05) is 61.5 Å². The zero-order valence-electron chi connectivity index (χ0n) is 17.9. The Balaban J connectivity index is 1.55. The van der Waals surface area contributed by atoms with Crippen LogP contribution < -0.4 is 14.9 Å². The first kappa shape index (κ1) is 20.6. The van der Waals surface area contributed by atoms with E-state index < -0.39 is 0 Å². The Morgan fingerprint density at radius 3 is 2.59 bits per heavy atom. The maximum atomic E-state index is 13.4. The molecule has 0 saturated carbocycles. The van der Waals surface area contributed by atoms with Crippen LogP contribution in [0.15, 0.2) is 69.9 Å². The number of ether oxygens (including phenoxy) is 2. The molecule has 3 aromatic carbocycles. The van der Waals surface area contributed by atoms with Gasteiger partial charge in [0.1, 0.15) is 29.6 Å². The number of halogens is 1. The van der Waals surface area contributed by atoms with Crippen LogP contribution >= 0.6 is 11.6 Å². The first-order valence-electron chi connectivity index (χ1n) is 10.4. The normalized spacial score (nSPS) is 13.6. The van der Waals surface area contributed by atoms with Crippen molar-refractivity contribution in [1.29, 1.82) is 0 Å². The molecule has 0 aliphatic carbocycles. The Bertz CT molecular complexity index is 1360. The van der Waals surface area contributed by atoms with E-state index in [0.717, 1.165) is 33.2 Å². The molecule has 5 rings (SSSR count). The van der Waals surface area contributed by atoms with Crippen LogP contribution in [0.4, 0.5) is 0 Å². The van der Waals surface area contributed by atoms with Crippen LogP contribution in [0.5, 0.6) is 11.5 Å². The third-order valence-corrected chi connectivity index (χ3v) is 6.18. The van der Waals surface area contributed by atoms with E-state index in [1.54, 1.807) is 13.2 Å². The summed E-state index contributed by atoms with van der Waals surface area (Å²) >= 11 is 6.34. The smallest absolute Gasteiger partial charge is 0.200 e. The molecule has 0 unspecified atom stereocenters. The van der Waals surface area contributed by atoms with Crippen LogP contribution in [0.2, 0.25) is 5.02 Å². The predicted molar refractivity (Wildman–Crippen MR) is 125 cm³/mol. The molecule has 0 N–H and O–H groups in total. The van der Waals surface area contributed by atoms with Gasteiger partial charge in [0, 0.05) is 18.1 Å². The van der Waals surface area contributed by atoms with Crippen molar-refractivity contribution in [3.63, 3.8) is 0 Å². The fourth-order valence-corrected chi connectivity index (χ4v) is 4.38. The lowest BCUT2D eigenvalue weighted by Crippen LogP contribution is -2.32. The van der Waals surface area contributed by atoms with Crippen LogP contribution in [0.3, 0.4) is 0 Å². The number of rotatable bonds is 4. The van der Waals surface area contributed by atoms with Gasteiger partial charge < -0.3 is 13.9 Å². The Hall–Kier alpha value is -3.28. The van der Waals surface area contributed by atoms with Gasteiger partial charge in [-0.15, -0.1) is 0 Å². The molecular formula is C26H22ClNO4. The zero-order valence-corrected chi connectivity index (χ0v) is 18.6. The van der Waals surface area contributed by atoms with Gasteiger partial charge in [0.2, 0.25) is 5.43 Å². The molecule has 162 valence electrons. The molecule has 0 spiro atoms. The summed E-state index contributed by atoms with van der Waals surface area (Å²) in [6.07, 6.45) is 0. The molecule has 0 fully saturated rings. The van der Waals surface area contributed by atoms with E-state index in [2.05, 4.69) is 4.90 Å². The van der Waals surface area contributed by atoms with E-state index in [-0.39, 0.29) is 5.43 Å². The molecule has 0 atom stereocenters. The van der Waals surface area contributed by atoms with Crippen molar-refractivity contribution in [1.82, 2.24) is 4.90 Å². The summed E-state index contributed by atoms with van der Waals surface area (Å²) in [5, 5.41) is 1.27. The van der Waals surface area contributed by atoms with Crippen molar-refractivity contribution in [3.8, 4) is 22.6 Å². The average Bonchev–Trinajstić information content (AvgIpc) is 2.81. The highest BCUT2D eigenvalue weighted by Gasteiger charge is 2.24. The maximum Gasteiger partial charge on any atom is 0.200 e. The van der Waals surface area contributed by atoms with Crippen LogP contribution in [0, 0.1) is 6.92 Å². The van der Waals surface area contributed by atoms with Gasteiger partial charge in [0.05, 0.1) is 23.6 Å². The van der Waals surface area contributed by atoms with Crippen molar-refractivity contribution in [2.75, 3.05) is 13.8 Å². The van der Waals surface area contributed by atoms with Crippen molar-refractivity contribution >= 4 is 22.6 Å². The molecule has 1 aliphatic heterocycles. The number of methoxy groups -OCH3 is 1. The van der Waals surface area contributed by atoms with Gasteiger partial charge in [-0.3, -0.25) is 9.69 Å². The Morgan fingerprint density at radius 1 is 1.06 bits per heavy atom. The van der Waals surface area contributed by atoms with E-state index in [4.69, 9.17) is 25.5 Å². The fourth-order valence-electron chi connectivity index (χ4n) is 4.18. The Kier molecular flexibility index (Phi) is 5.37. The van der Waals surface area contributed by atoms with Gasteiger partial charge in [-0.1, -0.05) is 41.9 Å². The lowest BCUT2D eigenvalue weighted by Gasteiger charge is -2.29. The topological polar surface area (TPSA) is 51.9 Å². The molecule has 32 heavy (non-hydrogen) atoms. The van der Waals surface area contributed by atoms with Gasteiger partial charge in [-0.25, -0.2) is 0 Å². The van der Waals surface area contributed by atoms with Crippen LogP contribution in [-0.4, -0.2) is 18.7 Å². The quantitative estimate of drug-likeness (QED) is 0.396. The van der Waals surface area contributed by atoms with E-state index in [0.29, 0.717) is 42.1 Å². The minimum absolute atomic E-state index is 0.0556. The summed E-state index contributed by atoms with van der Waals surface area (Å²) in [6, 6.07) is 18.8. The molecule has 0 bridgehead atoms. The molecule has 4 aromatic rings. The molecule has 1 aromatic heterocycles. The second kappa shape index (κ2) is 8.34. The second-order valence-corrected chi connectivity index (χ2v) is 8.27. The number of hydrogen-bond donors (Lipinski definition) is 0. The second-order valence-electron chi connectivity index (χ2n) is 7.86. The Morgan fingerprint density at radius 2 is 1.84 bits per heavy atom. The monoisotopic (exact) mass is 447 g/mol. The Labute approximate surface area is 190 Å². The number of nitrogens with zero attached hydrogens (tertiary/aromatic N) is 1. The lowest BCUT2D eigenvalue weighted by atomic mass is 10.0. The van der Waals surface area contributed by atoms with Crippen molar-refractivity contribution in [2.24, 2.45) is 0 Å². The van der Waals surface area contributed by atoms with E-state index in [9.17, 15) is 4.79 Å². The number of hydrogen-bond acceptors (Lipinski definition) is 5. The summed E-state index contributed by atoms with van der Waals surface area (Å²) in [5.41, 5.74) is 3.78. The lowest BCUT2D eigenvalue weighted by molar-refractivity contribution is 0.0890. The largest absolute Gasteiger partial charge is 0.497 e. The molecule has 5 nitrogen and oxygen atoms in total. The summed E-state index contributed by atoms with van der Waals surface area (Å²) in [5.74, 6) is 2.05. The van der Waals surface area contributed by atoms with Crippen LogP contribution in [0.25, 0.3) is 22.1 Å². The molecular weight excluding hydrogens is 426 g/mol. The third kappa shape index (κ3) is 3.64. The van der Waals surface area contributed by atoms with Crippen LogP contribution in [-0.2, 0) is 13.1 Å². The first-order chi connectivity index (χ1) is 15.5. The summed E-state index contributed by atoms with van der Waals surface area (Å²) in [7, 11) is 1.62. The molecule has 2 heterocycles. The van der Waals surface area contributed by atoms with Crippen molar-refractivity contribution in [3.05, 3.63) is 92.8 Å². The highest BCUT2D eigenvalue weighted by atomic mass is 35.5. The van der Waals surface area contributed by atoms with Gasteiger partial charge in [-0.05, 0) is 48.4 Å². The molecule has 0 amide bonds. The zero-order chi connectivity index (χ0) is 22.2. The SMILES string of the molecule is COc1ccc(-c2c(C)oc3c4c(ccc3c2=O)OCN(Cc2ccccc2Cl)C4)cc1. The predicted octanol–water partition coefficient (Wildman–Crippen LogP) is 5.78. The number of benzene rings is 3. The third-order valence-electron chi connectivity index (χ3n) is 5.81. The van der Waals surface area contributed by atoms with Crippen molar-refractivity contribution in [2.45, 2.75) is 20.0 Å². The average molecular weight is 448 g/mol. The minimum atomic E-state index is -0.0556. The molecule has 1 aliphatic rings. The van der Waals surface area contributed by atoms with Gasteiger partial charge in [0.25, 0.3) is 0 Å². The summed E-state index contributed by atoms with van der Waals surface area (Å²) in [6.45, 7) is 3.51. The minimum Gasteiger partial charge on any atom is -0.497 e. The van der Waals surface area contributed by atoms with Crippen LogP contribution in [0.1, 0.15) is 16.9 Å². The standard InChI is InChI=1S/C26H22ClNO4/c1-16-24(17-7-9-19(30-2)10-8-17)25(29)20-11-12-23-21(26(20)32-16)14-28(15-31-23)13-18-5-3-4-6-22(18)27/h3-12H,13-15H2,1-2H3. The summed E-state index contributed by atoms with van der Waals surface area (Å²) in [4.78, 5) is 15.6. The highest BCUT2D eigenvalue weighted by molar-refractivity contribution is 6.31. The molecule has 0 saturated heterocycles. The van der Waals surface area contributed by atoms with Gasteiger partial charge in [-0.2, -0.15) is 0 Å². The van der Waals surface area contributed by atoms with E-state index >= 15 is 0 Å². The van der Waals surface area contributed by atoms with Gasteiger partial charge >= 0.3 is 0 Å². The van der Waals surface area contributed by atoms with Gasteiger partial charge in [0.15, 0.2) is 0 Å². The fraction of sp³-hybridized carbons (Fsp3) is 0.192. The highest BCUT2D eigenvalue weighted by Crippen LogP contribution is 2.34. The number of aryl methyl sites for hydroxylation is 1. The first-order valence-corrected chi connectivity index (χ1v) is 10.7. The summed E-state index contributed by atoms with van der Waals surface area (Å²) < 4.78 is 17.5. The van der Waals surface area contributed by atoms with Crippen molar-refractivity contribution < 1.29 is 13.9 Å². The van der Waals surface area contributed by atoms with E-state index in [1.165, 1.54) is 0 Å². The maximum absolute atomic E-state index is 13.4. The molecule has 0 radical (unpaired) electrons. The molecule has 6 heteroatoms. The number of fused-ring (bicyclic) bond motifs is 3.